The van der Waals surface area contributed by atoms with Crippen LogP contribution in [0.5, 0.6) is 0 Å². The van der Waals surface area contributed by atoms with Gasteiger partial charge >= 0.3 is 5.97 Å². The number of esters is 1. The molecule has 0 radical (unpaired) electrons. The molecule has 1 aromatic carbocycles. The van der Waals surface area contributed by atoms with E-state index >= 15 is 0 Å². The lowest BCUT2D eigenvalue weighted by molar-refractivity contribution is -0.143. The van der Waals surface area contributed by atoms with Gasteiger partial charge in [0, 0.05) is 4.90 Å². The summed E-state index contributed by atoms with van der Waals surface area (Å²) in [5.41, 5.74) is 0.449. The Kier molecular flexibility index (Phi) is 3.86. The van der Waals surface area contributed by atoms with Crippen LogP contribution in [0.25, 0.3) is 0 Å². The van der Waals surface area contributed by atoms with Gasteiger partial charge in [-0.2, -0.15) is 0 Å². The first-order valence-corrected chi connectivity index (χ1v) is 6.41. The summed E-state index contributed by atoms with van der Waals surface area (Å²) in [6, 6.07) is 4.18. The maximum absolute atomic E-state index is 13.0. The van der Waals surface area contributed by atoms with Crippen molar-refractivity contribution < 1.29 is 18.7 Å². The third-order valence-corrected chi connectivity index (χ3v) is 3.69. The van der Waals surface area contributed by atoms with Gasteiger partial charge in [0.2, 0.25) is 5.91 Å². The summed E-state index contributed by atoms with van der Waals surface area (Å²) in [6.45, 7) is 2.00. The van der Waals surface area contributed by atoms with Gasteiger partial charge in [-0.1, -0.05) is 0 Å². The van der Waals surface area contributed by atoms with Crippen molar-refractivity contribution in [2.75, 3.05) is 11.9 Å². The molecule has 18 heavy (non-hydrogen) atoms. The highest BCUT2D eigenvalue weighted by Gasteiger charge is 2.29. The number of carbonyl (C=O) groups is 2. The molecule has 0 spiro atoms. The average molecular weight is 269 g/mol. The zero-order valence-electron chi connectivity index (χ0n) is 9.73. The summed E-state index contributed by atoms with van der Waals surface area (Å²) < 4.78 is 17.8. The minimum Gasteiger partial charge on any atom is -0.466 e. The Balaban J connectivity index is 2.11. The lowest BCUT2D eigenvalue weighted by atomic mass is 10.2. The van der Waals surface area contributed by atoms with Crippen molar-refractivity contribution in [1.29, 1.82) is 0 Å². The lowest BCUT2D eigenvalue weighted by Gasteiger charge is -2.23. The number of nitrogens with one attached hydrogen (secondary N) is 1. The van der Waals surface area contributed by atoms with Gasteiger partial charge < -0.3 is 10.1 Å². The van der Waals surface area contributed by atoms with Crippen LogP contribution in [0.4, 0.5) is 10.1 Å². The molecule has 1 heterocycles. The van der Waals surface area contributed by atoms with Gasteiger partial charge in [0.15, 0.2) is 0 Å². The van der Waals surface area contributed by atoms with Crippen LogP contribution in [-0.2, 0) is 14.3 Å². The molecule has 1 aliphatic rings. The Labute approximate surface area is 108 Å². The smallest absolute Gasteiger partial charge is 0.307 e. The number of anilines is 1. The van der Waals surface area contributed by atoms with Gasteiger partial charge in [-0.05, 0) is 25.1 Å². The number of hydrogen-bond acceptors (Lipinski definition) is 4. The first-order chi connectivity index (χ1) is 8.60. The van der Waals surface area contributed by atoms with Crippen molar-refractivity contribution in [2.45, 2.75) is 23.5 Å². The highest BCUT2D eigenvalue weighted by atomic mass is 32.2. The number of ether oxygens (including phenoxy) is 1. The molecule has 1 aliphatic heterocycles. The van der Waals surface area contributed by atoms with Crippen molar-refractivity contribution in [1.82, 2.24) is 0 Å². The zero-order chi connectivity index (χ0) is 13.1. The molecule has 0 aromatic heterocycles. The number of hydrogen-bond donors (Lipinski definition) is 1. The van der Waals surface area contributed by atoms with Crippen LogP contribution in [-0.4, -0.2) is 23.7 Å². The van der Waals surface area contributed by atoms with Gasteiger partial charge in [0.1, 0.15) is 5.82 Å². The summed E-state index contributed by atoms with van der Waals surface area (Å²) in [5.74, 6) is -1.11. The van der Waals surface area contributed by atoms with E-state index in [1.807, 2.05) is 0 Å². The van der Waals surface area contributed by atoms with Gasteiger partial charge in [-0.25, -0.2) is 4.39 Å². The van der Waals surface area contributed by atoms with Crippen molar-refractivity contribution in [2.24, 2.45) is 0 Å². The van der Waals surface area contributed by atoms with E-state index < -0.39 is 17.0 Å². The Bertz CT molecular complexity index is 492. The average Bonchev–Trinajstić information content (AvgIpc) is 2.31. The molecule has 0 saturated carbocycles. The topological polar surface area (TPSA) is 55.4 Å². The fraction of sp³-hybridized carbons (Fsp3) is 0.333. The molecular formula is C12H12FNO3S. The van der Waals surface area contributed by atoms with Gasteiger partial charge in [-0.3, -0.25) is 9.59 Å². The molecule has 0 saturated heterocycles. The van der Waals surface area contributed by atoms with Crippen LogP contribution in [0.3, 0.4) is 0 Å². The second kappa shape index (κ2) is 5.39. The van der Waals surface area contributed by atoms with E-state index in [4.69, 9.17) is 4.74 Å². The minimum absolute atomic E-state index is 0.0150. The summed E-state index contributed by atoms with van der Waals surface area (Å²) in [4.78, 5) is 23.8. The molecule has 1 atom stereocenters. The third-order valence-electron chi connectivity index (χ3n) is 2.42. The van der Waals surface area contributed by atoms with E-state index in [-0.39, 0.29) is 12.3 Å². The zero-order valence-corrected chi connectivity index (χ0v) is 10.6. The molecule has 1 N–H and O–H groups in total. The van der Waals surface area contributed by atoms with Crippen LogP contribution >= 0.6 is 11.8 Å². The van der Waals surface area contributed by atoms with Gasteiger partial charge in [0.25, 0.3) is 0 Å². The second-order valence-corrected chi connectivity index (χ2v) is 4.99. The quantitative estimate of drug-likeness (QED) is 0.855. The number of carbonyl (C=O) groups excluding carboxylic acids is 2. The standard InChI is InChI=1S/C12H12FNO3S/c1-2-17-11(15)6-10-12(16)14-8-5-7(13)3-4-9(8)18-10/h3-5,10H,2,6H2,1H3,(H,14,16). The van der Waals surface area contributed by atoms with Crippen LogP contribution < -0.4 is 5.32 Å². The number of amides is 1. The molecule has 96 valence electrons. The summed E-state index contributed by atoms with van der Waals surface area (Å²) in [5, 5.41) is 2.06. The predicted octanol–water partition coefficient (Wildman–Crippen LogP) is 2.19. The normalized spacial score (nSPS) is 17.9. The van der Waals surface area contributed by atoms with Crippen LogP contribution in [0.15, 0.2) is 23.1 Å². The Hall–Kier alpha value is -1.56. The minimum atomic E-state index is -0.526. The summed E-state index contributed by atoms with van der Waals surface area (Å²) >= 11 is 1.25. The molecule has 4 nitrogen and oxygen atoms in total. The molecule has 1 amide bonds. The highest BCUT2D eigenvalue weighted by Crippen LogP contribution is 2.37. The van der Waals surface area contributed by atoms with Crippen molar-refractivity contribution in [3.05, 3.63) is 24.0 Å². The fourth-order valence-electron chi connectivity index (χ4n) is 1.63. The predicted molar refractivity (Wildman–Crippen MR) is 65.9 cm³/mol. The Morgan fingerprint density at radius 1 is 1.56 bits per heavy atom. The number of fused-ring (bicyclic) bond motifs is 1. The van der Waals surface area contributed by atoms with E-state index in [0.29, 0.717) is 12.3 Å². The Morgan fingerprint density at radius 2 is 2.33 bits per heavy atom. The summed E-state index contributed by atoms with van der Waals surface area (Å²) in [7, 11) is 0. The third kappa shape index (κ3) is 2.81. The molecule has 0 aliphatic carbocycles. The van der Waals surface area contributed by atoms with E-state index in [1.54, 1.807) is 13.0 Å². The highest BCUT2D eigenvalue weighted by molar-refractivity contribution is 8.01. The number of thioether (sulfide) groups is 1. The number of rotatable bonds is 3. The van der Waals surface area contributed by atoms with E-state index in [0.717, 1.165) is 4.90 Å². The molecule has 0 fully saturated rings. The molecule has 2 rings (SSSR count). The maximum atomic E-state index is 13.0. The van der Waals surface area contributed by atoms with Crippen molar-refractivity contribution >= 4 is 29.3 Å². The first kappa shape index (κ1) is 12.9. The van der Waals surface area contributed by atoms with E-state index in [2.05, 4.69) is 5.32 Å². The van der Waals surface area contributed by atoms with E-state index in [9.17, 15) is 14.0 Å². The maximum Gasteiger partial charge on any atom is 0.307 e. The number of benzene rings is 1. The van der Waals surface area contributed by atoms with Crippen molar-refractivity contribution in [3.63, 3.8) is 0 Å². The first-order valence-electron chi connectivity index (χ1n) is 5.53. The monoisotopic (exact) mass is 269 g/mol. The lowest BCUT2D eigenvalue weighted by Crippen LogP contribution is -2.31. The van der Waals surface area contributed by atoms with Crippen LogP contribution in [0.2, 0.25) is 0 Å². The van der Waals surface area contributed by atoms with Crippen LogP contribution in [0.1, 0.15) is 13.3 Å². The van der Waals surface area contributed by atoms with Gasteiger partial charge in [0.05, 0.1) is 24.0 Å². The molecule has 0 bridgehead atoms. The van der Waals surface area contributed by atoms with E-state index in [1.165, 1.54) is 23.9 Å². The summed E-state index contributed by atoms with van der Waals surface area (Å²) in [6.07, 6.45) is 0.0150. The van der Waals surface area contributed by atoms with Crippen LogP contribution in [0, 0.1) is 5.82 Å². The molecule has 1 unspecified atom stereocenters. The van der Waals surface area contributed by atoms with Gasteiger partial charge in [-0.15, -0.1) is 11.8 Å². The molecular weight excluding hydrogens is 257 g/mol. The number of halogens is 1. The Morgan fingerprint density at radius 3 is 3.06 bits per heavy atom. The largest absolute Gasteiger partial charge is 0.466 e. The fourth-order valence-corrected chi connectivity index (χ4v) is 2.70. The molecule has 1 aromatic rings. The molecule has 6 heteroatoms. The second-order valence-electron chi connectivity index (χ2n) is 3.75. The van der Waals surface area contributed by atoms with Crippen molar-refractivity contribution in [3.8, 4) is 0 Å². The SMILES string of the molecule is CCOC(=O)CC1Sc2ccc(F)cc2NC1=O.